The largest absolute Gasteiger partial charge is 0.423 e. The van der Waals surface area contributed by atoms with Crippen LogP contribution in [0, 0.1) is 0 Å². The molecule has 9 nitrogen and oxygen atoms in total. The number of benzene rings is 1. The van der Waals surface area contributed by atoms with Crippen LogP contribution in [0.15, 0.2) is 43.4 Å². The van der Waals surface area contributed by atoms with E-state index in [9.17, 15) is 14.4 Å². The van der Waals surface area contributed by atoms with E-state index < -0.39 is 5.63 Å². The lowest BCUT2D eigenvalue weighted by molar-refractivity contribution is -0.114. The zero-order chi connectivity index (χ0) is 20.4. The molecule has 3 aromatic rings. The number of hydrogen-bond donors (Lipinski definition) is 2. The first-order valence-electron chi connectivity index (χ1n) is 9.23. The number of nitrogens with one attached hydrogen (secondary N) is 2. The van der Waals surface area contributed by atoms with Crippen molar-refractivity contribution in [1.82, 2.24) is 14.8 Å². The van der Waals surface area contributed by atoms with Gasteiger partial charge in [-0.25, -0.2) is 14.7 Å². The third-order valence-corrected chi connectivity index (χ3v) is 5.67. The Kier molecular flexibility index (Phi) is 5.54. The zero-order valence-electron chi connectivity index (χ0n) is 15.8. The van der Waals surface area contributed by atoms with Crippen molar-refractivity contribution in [2.24, 2.45) is 0 Å². The number of fused-ring (bicyclic) bond motifs is 1. The Morgan fingerprint density at radius 2 is 2.24 bits per heavy atom. The fourth-order valence-electron chi connectivity index (χ4n) is 3.34. The maximum atomic E-state index is 12.1. The van der Waals surface area contributed by atoms with E-state index in [-0.39, 0.29) is 17.7 Å². The maximum Gasteiger partial charge on any atom is 0.344 e. The van der Waals surface area contributed by atoms with Crippen molar-refractivity contribution in [3.8, 4) is 0 Å². The third kappa shape index (κ3) is 4.43. The van der Waals surface area contributed by atoms with Crippen LogP contribution < -0.4 is 16.6 Å². The van der Waals surface area contributed by atoms with E-state index in [2.05, 4.69) is 15.5 Å². The summed E-state index contributed by atoms with van der Waals surface area (Å²) in [7, 11) is 0. The summed E-state index contributed by atoms with van der Waals surface area (Å²) in [6.45, 7) is 2.58. The number of aromatic nitrogens is 3. The molecule has 1 fully saturated rings. The van der Waals surface area contributed by atoms with Gasteiger partial charge in [-0.05, 0) is 30.5 Å². The fraction of sp³-hybridized carbons (Fsp3) is 0.368. The van der Waals surface area contributed by atoms with Crippen LogP contribution in [0.4, 0.5) is 5.69 Å². The molecule has 1 aliphatic heterocycles. The number of carbonyl (C=O) groups excluding carboxylic acids is 1. The number of thioether (sulfide) groups is 1. The minimum absolute atomic E-state index is 0.0152. The van der Waals surface area contributed by atoms with E-state index in [0.717, 1.165) is 23.8 Å². The number of nitrogens with zero attached hydrogens (tertiary/aromatic N) is 2. The second-order valence-electron chi connectivity index (χ2n) is 6.83. The molecule has 1 aromatic carbocycles. The highest BCUT2D eigenvalue weighted by atomic mass is 32.2. The van der Waals surface area contributed by atoms with Gasteiger partial charge in [0.15, 0.2) is 5.16 Å². The Labute approximate surface area is 169 Å². The van der Waals surface area contributed by atoms with E-state index in [1.54, 1.807) is 22.8 Å². The number of ether oxygens (including phenoxy) is 1. The van der Waals surface area contributed by atoms with E-state index >= 15 is 0 Å². The lowest BCUT2D eigenvalue weighted by atomic mass is 10.1. The highest BCUT2D eigenvalue weighted by Gasteiger charge is 2.20. The zero-order valence-corrected chi connectivity index (χ0v) is 16.6. The van der Waals surface area contributed by atoms with Crippen molar-refractivity contribution in [2.75, 3.05) is 11.9 Å². The summed E-state index contributed by atoms with van der Waals surface area (Å²) < 4.78 is 12.5. The van der Waals surface area contributed by atoms with Gasteiger partial charge in [0.25, 0.3) is 0 Å². The van der Waals surface area contributed by atoms with Crippen LogP contribution in [-0.2, 0) is 21.8 Å². The second kappa shape index (κ2) is 8.26. The molecule has 0 saturated carbocycles. The number of H-pyrrole nitrogens is 1. The first-order chi connectivity index (χ1) is 14.0. The molecule has 29 heavy (non-hydrogen) atoms. The maximum absolute atomic E-state index is 12.1. The Hall–Kier alpha value is -2.85. The lowest BCUT2D eigenvalue weighted by Crippen LogP contribution is -2.24. The van der Waals surface area contributed by atoms with Crippen molar-refractivity contribution in [2.45, 2.75) is 43.3 Å². The minimum atomic E-state index is -0.480. The van der Waals surface area contributed by atoms with E-state index in [0.29, 0.717) is 35.3 Å². The average molecular weight is 416 g/mol. The molecule has 1 atom stereocenters. The Morgan fingerprint density at radius 1 is 1.38 bits per heavy atom. The molecule has 0 spiro atoms. The molecule has 1 saturated heterocycles. The smallest absolute Gasteiger partial charge is 0.344 e. The summed E-state index contributed by atoms with van der Waals surface area (Å²) in [5, 5.41) is 10.6. The molecule has 3 heterocycles. The molecular weight excluding hydrogens is 396 g/mol. The molecule has 1 aliphatic rings. The molecule has 0 bridgehead atoms. The second-order valence-corrected chi connectivity index (χ2v) is 7.77. The molecule has 152 valence electrons. The van der Waals surface area contributed by atoms with Crippen molar-refractivity contribution >= 4 is 34.3 Å². The third-order valence-electron chi connectivity index (χ3n) is 4.64. The predicted molar refractivity (Wildman–Crippen MR) is 108 cm³/mol. The van der Waals surface area contributed by atoms with E-state index in [4.69, 9.17) is 9.15 Å². The topological polar surface area (TPSA) is 119 Å². The monoisotopic (exact) mass is 416 g/mol. The number of aromatic amines is 1. The molecule has 10 heteroatoms. The fourth-order valence-corrected chi connectivity index (χ4v) is 4.29. The molecule has 2 aromatic heterocycles. The summed E-state index contributed by atoms with van der Waals surface area (Å²) in [4.78, 5) is 35.3. The van der Waals surface area contributed by atoms with Gasteiger partial charge in [0.05, 0.1) is 12.6 Å². The first-order valence-corrected chi connectivity index (χ1v) is 10.2. The summed E-state index contributed by atoms with van der Waals surface area (Å²) >= 11 is 1.36. The van der Waals surface area contributed by atoms with Gasteiger partial charge >= 0.3 is 11.3 Å². The minimum Gasteiger partial charge on any atom is -0.423 e. The van der Waals surface area contributed by atoms with Gasteiger partial charge in [-0.15, -0.1) is 5.10 Å². The molecule has 0 aliphatic carbocycles. The van der Waals surface area contributed by atoms with Gasteiger partial charge in [-0.3, -0.25) is 9.36 Å². The standard InChI is InChI=1S/C19H20N4O5S/c1-11(24)20-13-4-5-15-12(7-17(25)28-16(15)8-13)10-29-19-22-21-18(26)23(19)9-14-3-2-6-27-14/h4-5,7-8,14H,2-3,6,9-10H2,1H3,(H,20,24)(H,21,26). The lowest BCUT2D eigenvalue weighted by Gasteiger charge is -2.11. The molecule has 1 unspecified atom stereocenters. The Balaban J connectivity index is 1.58. The molecule has 1 amide bonds. The quantitative estimate of drug-likeness (QED) is 0.466. The normalized spacial score (nSPS) is 16.4. The number of anilines is 1. The van der Waals surface area contributed by atoms with Gasteiger partial charge in [0.2, 0.25) is 5.91 Å². The highest BCUT2D eigenvalue weighted by Crippen LogP contribution is 2.27. The van der Waals surface area contributed by atoms with Gasteiger partial charge in [0, 0.05) is 42.5 Å². The van der Waals surface area contributed by atoms with Gasteiger partial charge in [0.1, 0.15) is 5.58 Å². The molecule has 4 rings (SSSR count). The van der Waals surface area contributed by atoms with Crippen LogP contribution in [0.25, 0.3) is 11.0 Å². The van der Waals surface area contributed by atoms with Crippen LogP contribution in [-0.4, -0.2) is 33.4 Å². The van der Waals surface area contributed by atoms with E-state index in [1.165, 1.54) is 24.8 Å². The van der Waals surface area contributed by atoms with Crippen LogP contribution >= 0.6 is 11.8 Å². The summed E-state index contributed by atoms with van der Waals surface area (Å²) in [5.74, 6) is 0.221. The Morgan fingerprint density at radius 3 is 3.00 bits per heavy atom. The molecular formula is C19H20N4O5S. The van der Waals surface area contributed by atoms with Crippen molar-refractivity contribution in [1.29, 1.82) is 0 Å². The van der Waals surface area contributed by atoms with E-state index in [1.807, 2.05) is 0 Å². The number of amides is 1. The van der Waals surface area contributed by atoms with Crippen molar-refractivity contribution in [3.63, 3.8) is 0 Å². The molecule has 2 N–H and O–H groups in total. The predicted octanol–water partition coefficient (Wildman–Crippen LogP) is 2.11. The number of rotatable bonds is 6. The number of carbonyl (C=O) groups is 1. The Bertz CT molecular complexity index is 1160. The first kappa shape index (κ1) is 19.5. The van der Waals surface area contributed by atoms with Crippen molar-refractivity contribution < 1.29 is 13.9 Å². The average Bonchev–Trinajstić information content (AvgIpc) is 3.30. The van der Waals surface area contributed by atoms with Gasteiger partial charge in [-0.1, -0.05) is 11.8 Å². The summed E-state index contributed by atoms with van der Waals surface area (Å²) in [6, 6.07) is 6.60. The van der Waals surface area contributed by atoms with Gasteiger partial charge in [-0.2, -0.15) is 0 Å². The summed E-state index contributed by atoms with van der Waals surface area (Å²) in [6.07, 6.45) is 1.93. The van der Waals surface area contributed by atoms with Crippen LogP contribution in [0.2, 0.25) is 0 Å². The molecule has 0 radical (unpaired) electrons. The SMILES string of the molecule is CC(=O)Nc1ccc2c(CSc3n[nH]c(=O)n3CC3CCCO3)cc(=O)oc2c1. The van der Waals surface area contributed by atoms with Crippen LogP contribution in [0.1, 0.15) is 25.3 Å². The highest BCUT2D eigenvalue weighted by molar-refractivity contribution is 7.98. The number of hydrogen-bond acceptors (Lipinski definition) is 7. The van der Waals surface area contributed by atoms with Gasteiger partial charge < -0.3 is 14.5 Å². The van der Waals surface area contributed by atoms with Crippen LogP contribution in [0.5, 0.6) is 0 Å². The van der Waals surface area contributed by atoms with Crippen LogP contribution in [0.3, 0.4) is 0 Å². The van der Waals surface area contributed by atoms with Crippen molar-refractivity contribution in [3.05, 3.63) is 50.7 Å². The summed E-state index contributed by atoms with van der Waals surface area (Å²) in [5.41, 5.74) is 0.941.